The van der Waals surface area contributed by atoms with E-state index in [-0.39, 0.29) is 12.8 Å². The van der Waals surface area contributed by atoms with E-state index in [1.807, 2.05) is 0 Å². The van der Waals surface area contributed by atoms with Crippen molar-refractivity contribution in [2.75, 3.05) is 0 Å². The molecule has 0 bridgehead atoms. The monoisotopic (exact) mass is 227 g/mol. The van der Waals surface area contributed by atoms with Crippen LogP contribution in [0.25, 0.3) is 0 Å². The van der Waals surface area contributed by atoms with E-state index < -0.39 is 12.3 Å². The third-order valence-electron chi connectivity index (χ3n) is 3.11. The molecule has 0 amide bonds. The summed E-state index contributed by atoms with van der Waals surface area (Å²) in [5.74, 6) is 0. The first-order chi connectivity index (χ1) is 7.48. The molecular weight excluding hydrogens is 212 g/mol. The number of benzene rings is 1. The maximum Gasteiger partial charge on any atom is 0.489 e. The zero-order chi connectivity index (χ0) is 12.2. The van der Waals surface area contributed by atoms with Gasteiger partial charge in [-0.1, -0.05) is 55.3 Å². The van der Waals surface area contributed by atoms with Crippen LogP contribution >= 0.6 is 0 Å². The Labute approximate surface area is 94.2 Å². The second-order valence-corrected chi connectivity index (χ2v) is 3.94. The summed E-state index contributed by atoms with van der Waals surface area (Å²) in [5, 5.41) is -1.73. The van der Waals surface area contributed by atoms with Crippen LogP contribution in [0.3, 0.4) is 0 Å². The second-order valence-electron chi connectivity index (χ2n) is 3.94. The first-order valence-corrected chi connectivity index (χ1v) is 5.33. The molecule has 1 aromatic carbocycles. The number of rotatable bonds is 5. The van der Waals surface area contributed by atoms with Crippen molar-refractivity contribution >= 4 is 6.98 Å². The predicted octanol–water partition coefficient (Wildman–Crippen LogP) is 4.30. The van der Waals surface area contributed by atoms with Crippen molar-refractivity contribution in [3.8, 4) is 0 Å². The number of halogens is 3. The Morgan fingerprint density at radius 2 is 1.81 bits per heavy atom. The lowest BCUT2D eigenvalue weighted by Crippen LogP contribution is -2.46. The molecule has 0 aromatic heterocycles. The van der Waals surface area contributed by atoms with E-state index in [4.69, 9.17) is 0 Å². The Balaban J connectivity index is 3.28. The Kier molecular flexibility index (Phi) is 3.84. The predicted molar refractivity (Wildman–Crippen MR) is 62.3 cm³/mol. The Morgan fingerprint density at radius 1 is 1.25 bits per heavy atom. The third kappa shape index (κ3) is 2.15. The van der Waals surface area contributed by atoms with Gasteiger partial charge in [0.2, 0.25) is 0 Å². The van der Waals surface area contributed by atoms with Crippen LogP contribution in [0.5, 0.6) is 0 Å². The van der Waals surface area contributed by atoms with Crippen molar-refractivity contribution in [3.63, 3.8) is 0 Å². The van der Waals surface area contributed by atoms with Gasteiger partial charge in [0.05, 0.1) is 0 Å². The molecule has 88 valence electrons. The van der Waals surface area contributed by atoms with Crippen LogP contribution < -0.4 is 0 Å². The zero-order valence-electron chi connectivity index (χ0n) is 9.30. The van der Waals surface area contributed by atoms with Crippen molar-refractivity contribution in [3.05, 3.63) is 48.6 Å². The van der Waals surface area contributed by atoms with Gasteiger partial charge in [-0.25, -0.2) is 0 Å². The van der Waals surface area contributed by atoms with Crippen molar-refractivity contribution < 1.29 is 12.9 Å². The van der Waals surface area contributed by atoms with Crippen LogP contribution in [0.4, 0.5) is 12.9 Å². The van der Waals surface area contributed by atoms with E-state index >= 15 is 0 Å². The lowest BCUT2D eigenvalue weighted by molar-refractivity contribution is 0.355. The summed E-state index contributed by atoms with van der Waals surface area (Å²) in [7, 11) is 0. The minimum atomic E-state index is -4.94. The van der Waals surface area contributed by atoms with Crippen LogP contribution in [-0.2, 0) is 5.31 Å². The van der Waals surface area contributed by atoms with E-state index in [1.54, 1.807) is 37.3 Å². The highest BCUT2D eigenvalue weighted by molar-refractivity contribution is 6.62. The lowest BCUT2D eigenvalue weighted by atomic mass is 9.51. The normalized spacial score (nSPS) is 15.5. The van der Waals surface area contributed by atoms with Gasteiger partial charge in [-0.15, -0.1) is 6.58 Å². The fraction of sp³-hybridized carbons (Fsp3) is 0.333. The molecule has 0 N–H and O–H groups in total. The van der Waals surface area contributed by atoms with E-state index in [9.17, 15) is 12.9 Å². The van der Waals surface area contributed by atoms with Gasteiger partial charge in [0.25, 0.3) is 0 Å². The molecule has 0 saturated heterocycles. The maximum atomic E-state index is 13.3. The van der Waals surface area contributed by atoms with Crippen molar-refractivity contribution in [1.82, 2.24) is 0 Å². The average molecular weight is 227 g/mol. The first kappa shape index (κ1) is 12.9. The van der Waals surface area contributed by atoms with Crippen LogP contribution in [-0.4, -0.2) is 6.98 Å². The fourth-order valence-electron chi connectivity index (χ4n) is 2.05. The molecule has 1 aromatic rings. The van der Waals surface area contributed by atoms with Gasteiger partial charge < -0.3 is 12.9 Å². The molecule has 0 fully saturated rings. The van der Waals surface area contributed by atoms with Crippen LogP contribution in [0, 0.1) is 0 Å². The number of allylic oxidation sites excluding steroid dienone is 1. The van der Waals surface area contributed by atoms with Gasteiger partial charge in [0.1, 0.15) is 0 Å². The lowest BCUT2D eigenvalue weighted by Gasteiger charge is -2.41. The van der Waals surface area contributed by atoms with E-state index in [0.29, 0.717) is 5.56 Å². The molecule has 0 saturated carbocycles. The average Bonchev–Trinajstić information content (AvgIpc) is 2.25. The topological polar surface area (TPSA) is 0 Å². The van der Waals surface area contributed by atoms with Crippen molar-refractivity contribution in [1.29, 1.82) is 0 Å². The standard InChI is InChI=1S/C12H15BF3/c1-3-10-12(4-2,13(14,15)16)11-8-6-5-7-9-11/h3,5-9H,1,4,10H2,2H3/q-1/t12-/m1/s1. The number of hydrogen-bond acceptors (Lipinski definition) is 0. The molecule has 0 nitrogen and oxygen atoms in total. The SMILES string of the molecule is C=CC[C@](CC)(c1ccccc1)[B-](F)(F)F. The van der Waals surface area contributed by atoms with Gasteiger partial charge in [0.15, 0.2) is 0 Å². The molecule has 0 aliphatic heterocycles. The largest absolute Gasteiger partial charge is 0.489 e. The summed E-state index contributed by atoms with van der Waals surface area (Å²) in [4.78, 5) is 0. The summed E-state index contributed by atoms with van der Waals surface area (Å²) in [6, 6.07) is 8.10. The summed E-state index contributed by atoms with van der Waals surface area (Å²) in [6.07, 6.45) is 1.34. The van der Waals surface area contributed by atoms with E-state index in [2.05, 4.69) is 6.58 Å². The summed E-state index contributed by atoms with van der Waals surface area (Å²) in [6.45, 7) is 0.0822. The van der Waals surface area contributed by atoms with E-state index in [1.165, 1.54) is 6.08 Å². The fourth-order valence-corrected chi connectivity index (χ4v) is 2.05. The minimum absolute atomic E-state index is 0.0481. The van der Waals surface area contributed by atoms with Gasteiger partial charge >= 0.3 is 6.98 Å². The first-order valence-electron chi connectivity index (χ1n) is 5.33. The van der Waals surface area contributed by atoms with Gasteiger partial charge in [-0.3, -0.25) is 0 Å². The Hall–Kier alpha value is -1.19. The summed E-state index contributed by atoms with van der Waals surface area (Å²) in [5.41, 5.74) is 0.338. The minimum Gasteiger partial charge on any atom is -0.448 e. The molecule has 0 heterocycles. The smallest absolute Gasteiger partial charge is 0.448 e. The molecule has 1 atom stereocenters. The Bertz CT molecular complexity index is 345. The third-order valence-corrected chi connectivity index (χ3v) is 3.11. The van der Waals surface area contributed by atoms with Crippen LogP contribution in [0.2, 0.25) is 0 Å². The summed E-state index contributed by atoms with van der Waals surface area (Å²) >= 11 is 0. The molecule has 0 aliphatic carbocycles. The van der Waals surface area contributed by atoms with Crippen LogP contribution in [0.1, 0.15) is 25.3 Å². The Morgan fingerprint density at radius 3 is 2.19 bits per heavy atom. The summed E-state index contributed by atoms with van der Waals surface area (Å²) < 4.78 is 39.8. The molecule has 16 heavy (non-hydrogen) atoms. The van der Waals surface area contributed by atoms with Gasteiger partial charge in [-0.05, 0) is 11.7 Å². The number of hydrogen-bond donors (Lipinski definition) is 0. The highest BCUT2D eigenvalue weighted by Crippen LogP contribution is 2.43. The molecule has 1 rings (SSSR count). The van der Waals surface area contributed by atoms with Crippen molar-refractivity contribution in [2.45, 2.75) is 25.1 Å². The second kappa shape index (κ2) is 4.77. The molecule has 0 unspecified atom stereocenters. The van der Waals surface area contributed by atoms with Gasteiger partial charge in [0, 0.05) is 0 Å². The quantitative estimate of drug-likeness (QED) is 0.519. The van der Waals surface area contributed by atoms with Crippen molar-refractivity contribution in [2.24, 2.45) is 0 Å². The highest BCUT2D eigenvalue weighted by Gasteiger charge is 2.48. The zero-order valence-corrected chi connectivity index (χ0v) is 9.30. The molecule has 0 spiro atoms. The van der Waals surface area contributed by atoms with Gasteiger partial charge in [-0.2, -0.15) is 0 Å². The molecule has 0 radical (unpaired) electrons. The highest BCUT2D eigenvalue weighted by atomic mass is 19.4. The maximum absolute atomic E-state index is 13.3. The molecule has 0 aliphatic rings. The molecular formula is C12H15BF3-. The van der Waals surface area contributed by atoms with Crippen LogP contribution in [0.15, 0.2) is 43.0 Å². The molecule has 4 heteroatoms. The van der Waals surface area contributed by atoms with E-state index in [0.717, 1.165) is 0 Å².